The quantitative estimate of drug-likeness (QED) is 0.812. The Bertz CT molecular complexity index is 649. The van der Waals surface area contributed by atoms with Crippen molar-refractivity contribution in [3.05, 3.63) is 53.6 Å². The number of hydrogen-bond acceptors (Lipinski definition) is 4. The Morgan fingerprint density at radius 3 is 2.61 bits per heavy atom. The summed E-state index contributed by atoms with van der Waals surface area (Å²) in [6, 6.07) is 11.7. The number of phenolic OH excluding ortho intramolecular Hbond substituents is 1. The standard InChI is InChI=1S/C17H19F2NO3/c1-11(13-4-3-5-14(9-13)23-17(18)19)20-10-12-6-7-16(22-2)15(21)8-12/h3-9,11,17,20-21H,10H2,1-2H3. The van der Waals surface area contributed by atoms with Crippen molar-refractivity contribution in [1.29, 1.82) is 0 Å². The van der Waals surface area contributed by atoms with Crippen molar-refractivity contribution < 1.29 is 23.4 Å². The molecule has 0 aromatic heterocycles. The van der Waals surface area contributed by atoms with Crippen LogP contribution in [0.15, 0.2) is 42.5 Å². The zero-order valence-corrected chi connectivity index (χ0v) is 12.9. The second kappa shape index (κ2) is 7.78. The molecule has 1 unspecified atom stereocenters. The van der Waals surface area contributed by atoms with Gasteiger partial charge in [0, 0.05) is 12.6 Å². The second-order valence-electron chi connectivity index (χ2n) is 5.06. The molecule has 4 nitrogen and oxygen atoms in total. The molecule has 0 saturated heterocycles. The lowest BCUT2D eigenvalue weighted by Gasteiger charge is -2.16. The van der Waals surface area contributed by atoms with Crippen LogP contribution in [-0.2, 0) is 6.54 Å². The van der Waals surface area contributed by atoms with E-state index in [2.05, 4.69) is 10.1 Å². The van der Waals surface area contributed by atoms with E-state index in [0.29, 0.717) is 12.3 Å². The lowest BCUT2D eigenvalue weighted by Crippen LogP contribution is -2.18. The molecule has 0 amide bonds. The number of nitrogens with one attached hydrogen (secondary N) is 1. The van der Waals surface area contributed by atoms with Gasteiger partial charge < -0.3 is 19.9 Å². The Morgan fingerprint density at radius 1 is 1.17 bits per heavy atom. The Labute approximate surface area is 133 Å². The van der Waals surface area contributed by atoms with E-state index < -0.39 is 6.61 Å². The number of ether oxygens (including phenoxy) is 2. The molecule has 2 aromatic rings. The van der Waals surface area contributed by atoms with Gasteiger partial charge in [-0.05, 0) is 42.3 Å². The third-order valence-electron chi connectivity index (χ3n) is 3.44. The molecule has 0 radical (unpaired) electrons. The van der Waals surface area contributed by atoms with Gasteiger partial charge in [0.15, 0.2) is 11.5 Å². The molecular formula is C17H19F2NO3. The van der Waals surface area contributed by atoms with Crippen LogP contribution in [0, 0.1) is 0 Å². The summed E-state index contributed by atoms with van der Waals surface area (Å²) < 4.78 is 33.9. The minimum Gasteiger partial charge on any atom is -0.504 e. The van der Waals surface area contributed by atoms with Gasteiger partial charge in [0.2, 0.25) is 0 Å². The lowest BCUT2D eigenvalue weighted by atomic mass is 10.1. The van der Waals surface area contributed by atoms with Crippen LogP contribution in [-0.4, -0.2) is 18.8 Å². The monoisotopic (exact) mass is 323 g/mol. The molecule has 0 spiro atoms. The summed E-state index contributed by atoms with van der Waals surface area (Å²) in [5.74, 6) is 0.624. The number of hydrogen-bond donors (Lipinski definition) is 2. The number of halogens is 2. The summed E-state index contributed by atoms with van der Waals surface area (Å²) in [6.07, 6.45) is 0. The van der Waals surface area contributed by atoms with Crippen LogP contribution in [0.25, 0.3) is 0 Å². The van der Waals surface area contributed by atoms with Crippen molar-refractivity contribution in [1.82, 2.24) is 5.32 Å². The summed E-state index contributed by atoms with van der Waals surface area (Å²) in [7, 11) is 1.49. The number of methoxy groups -OCH3 is 1. The first-order valence-electron chi connectivity index (χ1n) is 7.13. The molecule has 0 saturated carbocycles. The minimum atomic E-state index is -2.84. The summed E-state index contributed by atoms with van der Waals surface area (Å²) in [6.45, 7) is -0.403. The van der Waals surface area contributed by atoms with Crippen LogP contribution in [0.3, 0.4) is 0 Å². The third-order valence-corrected chi connectivity index (χ3v) is 3.44. The summed E-state index contributed by atoms with van der Waals surface area (Å²) in [5, 5.41) is 13.0. The van der Waals surface area contributed by atoms with Gasteiger partial charge in [-0.2, -0.15) is 8.78 Å². The average molecular weight is 323 g/mol. The van der Waals surface area contributed by atoms with Gasteiger partial charge in [0.1, 0.15) is 5.75 Å². The van der Waals surface area contributed by atoms with E-state index in [9.17, 15) is 13.9 Å². The Hall–Kier alpha value is -2.34. The summed E-state index contributed by atoms with van der Waals surface area (Å²) in [5.41, 5.74) is 1.72. The Balaban J connectivity index is 1.99. The SMILES string of the molecule is COc1ccc(CNC(C)c2cccc(OC(F)F)c2)cc1O. The van der Waals surface area contributed by atoms with E-state index in [0.717, 1.165) is 11.1 Å². The highest BCUT2D eigenvalue weighted by Gasteiger charge is 2.09. The van der Waals surface area contributed by atoms with E-state index in [1.807, 2.05) is 19.1 Å². The van der Waals surface area contributed by atoms with Gasteiger partial charge in [-0.15, -0.1) is 0 Å². The number of alkyl halides is 2. The maximum absolute atomic E-state index is 12.3. The molecule has 0 fully saturated rings. The van der Waals surface area contributed by atoms with Crippen molar-refractivity contribution >= 4 is 0 Å². The smallest absolute Gasteiger partial charge is 0.387 e. The van der Waals surface area contributed by atoms with Crippen molar-refractivity contribution in [2.24, 2.45) is 0 Å². The average Bonchev–Trinajstić information content (AvgIpc) is 2.52. The fraction of sp³-hybridized carbons (Fsp3) is 0.294. The van der Waals surface area contributed by atoms with E-state index in [1.165, 1.54) is 13.2 Å². The van der Waals surface area contributed by atoms with Crippen LogP contribution in [0.2, 0.25) is 0 Å². The molecule has 124 valence electrons. The van der Waals surface area contributed by atoms with Gasteiger partial charge in [0.25, 0.3) is 0 Å². The molecule has 6 heteroatoms. The zero-order valence-electron chi connectivity index (χ0n) is 12.9. The molecular weight excluding hydrogens is 304 g/mol. The normalized spacial score (nSPS) is 12.2. The Kier molecular flexibility index (Phi) is 5.76. The molecule has 0 aliphatic rings. The lowest BCUT2D eigenvalue weighted by molar-refractivity contribution is -0.0499. The highest BCUT2D eigenvalue weighted by molar-refractivity contribution is 5.41. The van der Waals surface area contributed by atoms with Crippen molar-refractivity contribution in [3.8, 4) is 17.2 Å². The van der Waals surface area contributed by atoms with Gasteiger partial charge in [0.05, 0.1) is 7.11 Å². The van der Waals surface area contributed by atoms with Crippen molar-refractivity contribution in [3.63, 3.8) is 0 Å². The maximum atomic E-state index is 12.3. The molecule has 0 aliphatic carbocycles. The van der Waals surface area contributed by atoms with Crippen LogP contribution >= 0.6 is 0 Å². The van der Waals surface area contributed by atoms with E-state index in [4.69, 9.17) is 4.74 Å². The maximum Gasteiger partial charge on any atom is 0.387 e. The minimum absolute atomic E-state index is 0.0690. The van der Waals surface area contributed by atoms with Crippen LogP contribution in [0.4, 0.5) is 8.78 Å². The van der Waals surface area contributed by atoms with Crippen molar-refractivity contribution in [2.75, 3.05) is 7.11 Å². The van der Waals surface area contributed by atoms with E-state index in [1.54, 1.807) is 24.3 Å². The van der Waals surface area contributed by atoms with Crippen molar-refractivity contribution in [2.45, 2.75) is 26.1 Å². The fourth-order valence-electron chi connectivity index (χ4n) is 2.19. The molecule has 0 aliphatic heterocycles. The van der Waals surface area contributed by atoms with Crippen LogP contribution in [0.1, 0.15) is 24.1 Å². The van der Waals surface area contributed by atoms with E-state index in [-0.39, 0.29) is 17.5 Å². The topological polar surface area (TPSA) is 50.7 Å². The van der Waals surface area contributed by atoms with E-state index >= 15 is 0 Å². The van der Waals surface area contributed by atoms with Gasteiger partial charge >= 0.3 is 6.61 Å². The number of rotatable bonds is 7. The van der Waals surface area contributed by atoms with Crippen LogP contribution in [0.5, 0.6) is 17.2 Å². The number of benzene rings is 2. The molecule has 1 atom stereocenters. The number of aromatic hydroxyl groups is 1. The zero-order chi connectivity index (χ0) is 16.8. The molecule has 2 aromatic carbocycles. The largest absolute Gasteiger partial charge is 0.504 e. The Morgan fingerprint density at radius 2 is 1.96 bits per heavy atom. The molecule has 23 heavy (non-hydrogen) atoms. The molecule has 0 bridgehead atoms. The molecule has 2 rings (SSSR count). The first-order chi connectivity index (χ1) is 11.0. The molecule has 0 heterocycles. The summed E-state index contributed by atoms with van der Waals surface area (Å²) >= 11 is 0. The highest BCUT2D eigenvalue weighted by Crippen LogP contribution is 2.26. The summed E-state index contributed by atoms with van der Waals surface area (Å²) in [4.78, 5) is 0. The third kappa shape index (κ3) is 4.82. The molecule has 2 N–H and O–H groups in total. The predicted molar refractivity (Wildman–Crippen MR) is 83.0 cm³/mol. The van der Waals surface area contributed by atoms with Gasteiger partial charge in [-0.3, -0.25) is 0 Å². The first-order valence-corrected chi connectivity index (χ1v) is 7.13. The second-order valence-corrected chi connectivity index (χ2v) is 5.06. The van der Waals surface area contributed by atoms with Gasteiger partial charge in [-0.1, -0.05) is 18.2 Å². The highest BCUT2D eigenvalue weighted by atomic mass is 19.3. The number of phenols is 1. The van der Waals surface area contributed by atoms with Gasteiger partial charge in [-0.25, -0.2) is 0 Å². The predicted octanol–water partition coefficient (Wildman–Crippen LogP) is 3.85. The fourth-order valence-corrected chi connectivity index (χ4v) is 2.19. The first kappa shape index (κ1) is 17.0. The van der Waals surface area contributed by atoms with Crippen LogP contribution < -0.4 is 14.8 Å².